The third-order valence-electron chi connectivity index (χ3n) is 22.2. The highest BCUT2D eigenvalue weighted by atomic mass is 16.3. The lowest BCUT2D eigenvalue weighted by Gasteiger charge is -2.21. The summed E-state index contributed by atoms with van der Waals surface area (Å²) in [7, 11) is 0. The molecule has 0 saturated carbocycles. The molecule has 1 aliphatic carbocycles. The smallest absolute Gasteiger partial charge is 0.164 e. The molecule has 0 bridgehead atoms. The zero-order chi connectivity index (χ0) is 72.0. The van der Waals surface area contributed by atoms with Gasteiger partial charge in [-0.3, -0.25) is 0 Å². The fourth-order valence-electron chi connectivity index (χ4n) is 17.1. The molecule has 0 amide bonds. The van der Waals surface area contributed by atoms with Crippen LogP contribution in [-0.4, -0.2) is 39.0 Å². The molecule has 10 heteroatoms. The van der Waals surface area contributed by atoms with Gasteiger partial charge < -0.3 is 18.0 Å². The predicted octanol–water partition coefficient (Wildman–Crippen LogP) is 25.4. The lowest BCUT2D eigenvalue weighted by molar-refractivity contribution is 0.660. The number of hydrogen-bond acceptors (Lipinski definition) is 8. The second-order valence-electron chi connectivity index (χ2n) is 28.8. The standard InChI is InChI=1S/C99H62N8O2/c1-99(2)80-43-20-18-39-71(80)89-69(40-23-44-81(89)99)66-55-74(92-79(56-66)91-73(42-25-47-88(91)109-92)98-104-95(61-30-12-5-13-31-61)101-96(105-98)62-32-14-6-15-33-62)65-34-22-37-68(52-65)107-83-50-48-63(53-75(83)77-58-84-76(57-85(77)107)70-38-19-21-45-82(70)106(84)67-35-16-7-17-36-67)64-49-51-86-78(54-64)90-72(41-24-46-87(90)108-86)97-102-93(59-26-8-3-9-27-59)100-94(103-97)60-28-10-4-11-29-60/h3-58H,1-2H3. The minimum atomic E-state index is -0.221. The van der Waals surface area contributed by atoms with Gasteiger partial charge in [-0.15, -0.1) is 0 Å². The van der Waals surface area contributed by atoms with Crippen molar-refractivity contribution in [3.05, 3.63) is 351 Å². The summed E-state index contributed by atoms with van der Waals surface area (Å²) in [5.41, 5.74) is 25.9. The molecule has 21 aromatic rings. The molecule has 109 heavy (non-hydrogen) atoms. The highest BCUT2D eigenvalue weighted by Gasteiger charge is 2.37. The highest BCUT2D eigenvalue weighted by Crippen LogP contribution is 2.54. The summed E-state index contributed by atoms with van der Waals surface area (Å²) in [6.07, 6.45) is 0. The quantitative estimate of drug-likeness (QED) is 0.126. The summed E-state index contributed by atoms with van der Waals surface area (Å²) in [4.78, 5) is 31.2. The largest absolute Gasteiger partial charge is 0.456 e. The zero-order valence-corrected chi connectivity index (χ0v) is 59.2. The van der Waals surface area contributed by atoms with Crippen molar-refractivity contribution in [2.45, 2.75) is 19.3 Å². The first-order chi connectivity index (χ1) is 53.8. The Hall–Kier alpha value is -14.5. The van der Waals surface area contributed by atoms with Gasteiger partial charge in [-0.2, -0.15) is 0 Å². The molecular weight excluding hydrogens is 1330 g/mol. The summed E-state index contributed by atoms with van der Waals surface area (Å²) in [6.45, 7) is 4.70. The van der Waals surface area contributed by atoms with Crippen LogP contribution in [0.4, 0.5) is 0 Å². The Bertz CT molecular complexity index is 7190. The van der Waals surface area contributed by atoms with Gasteiger partial charge in [0.05, 0.1) is 22.1 Å². The van der Waals surface area contributed by atoms with E-state index in [1.807, 2.05) is 109 Å². The van der Waals surface area contributed by atoms with Gasteiger partial charge in [-0.05, 0) is 141 Å². The third-order valence-corrected chi connectivity index (χ3v) is 22.2. The molecule has 0 atom stereocenters. The van der Waals surface area contributed by atoms with E-state index in [9.17, 15) is 0 Å². The van der Waals surface area contributed by atoms with Crippen LogP contribution in [0, 0.1) is 0 Å². The summed E-state index contributed by atoms with van der Waals surface area (Å²) >= 11 is 0. The van der Waals surface area contributed by atoms with E-state index < -0.39 is 0 Å². The van der Waals surface area contributed by atoms with Gasteiger partial charge >= 0.3 is 0 Å². The maximum atomic E-state index is 7.38. The number of para-hydroxylation sites is 2. The van der Waals surface area contributed by atoms with E-state index in [1.54, 1.807) is 0 Å². The minimum Gasteiger partial charge on any atom is -0.456 e. The van der Waals surface area contributed by atoms with Crippen LogP contribution < -0.4 is 0 Å². The molecule has 0 saturated heterocycles. The number of nitrogens with zero attached hydrogens (tertiary/aromatic N) is 8. The number of fused-ring (bicyclic) bond motifs is 15. The molecule has 22 rings (SSSR count). The van der Waals surface area contributed by atoms with Gasteiger partial charge in [-0.25, -0.2) is 29.9 Å². The molecule has 0 radical (unpaired) electrons. The van der Waals surface area contributed by atoms with Crippen LogP contribution in [0.25, 0.3) is 212 Å². The number of aromatic nitrogens is 8. The van der Waals surface area contributed by atoms with E-state index in [4.69, 9.17) is 38.7 Å². The summed E-state index contributed by atoms with van der Waals surface area (Å²) < 4.78 is 19.0. The van der Waals surface area contributed by atoms with Gasteiger partial charge in [0.25, 0.3) is 0 Å². The van der Waals surface area contributed by atoms with Crippen molar-refractivity contribution < 1.29 is 8.83 Å². The summed E-state index contributed by atoms with van der Waals surface area (Å²) in [5, 5.41) is 8.32. The van der Waals surface area contributed by atoms with Crippen molar-refractivity contribution in [2.24, 2.45) is 0 Å². The second kappa shape index (κ2) is 24.3. The van der Waals surface area contributed by atoms with Crippen LogP contribution in [0.5, 0.6) is 0 Å². The zero-order valence-electron chi connectivity index (χ0n) is 59.2. The molecule has 0 N–H and O–H groups in total. The molecule has 6 heterocycles. The molecule has 0 fully saturated rings. The van der Waals surface area contributed by atoms with E-state index in [0.29, 0.717) is 34.9 Å². The van der Waals surface area contributed by atoms with Crippen molar-refractivity contribution >= 4 is 87.5 Å². The van der Waals surface area contributed by atoms with Crippen LogP contribution in [0.15, 0.2) is 349 Å². The fraction of sp³-hybridized carbons (Fsp3) is 0.0303. The Balaban J connectivity index is 0.761. The Morgan fingerprint density at radius 2 is 0.670 bits per heavy atom. The Kier molecular flexibility index (Phi) is 13.8. The average molecular weight is 1400 g/mol. The Morgan fingerprint density at radius 1 is 0.239 bits per heavy atom. The van der Waals surface area contributed by atoms with Crippen molar-refractivity contribution in [1.29, 1.82) is 0 Å². The van der Waals surface area contributed by atoms with Crippen molar-refractivity contribution in [3.63, 3.8) is 0 Å². The molecule has 0 unspecified atom stereocenters. The van der Waals surface area contributed by atoms with E-state index in [2.05, 4.69) is 254 Å². The maximum Gasteiger partial charge on any atom is 0.164 e. The van der Waals surface area contributed by atoms with Crippen molar-refractivity contribution in [2.75, 3.05) is 0 Å². The lowest BCUT2D eigenvalue weighted by atomic mass is 9.82. The van der Waals surface area contributed by atoms with E-state index in [1.165, 1.54) is 27.6 Å². The molecular formula is C99H62N8O2. The van der Waals surface area contributed by atoms with Crippen LogP contribution >= 0.6 is 0 Å². The lowest BCUT2D eigenvalue weighted by Crippen LogP contribution is -2.14. The Morgan fingerprint density at radius 3 is 1.30 bits per heavy atom. The number of hydrogen-bond donors (Lipinski definition) is 0. The number of rotatable bonds is 11. The maximum absolute atomic E-state index is 7.38. The van der Waals surface area contributed by atoms with Crippen molar-refractivity contribution in [1.82, 2.24) is 39.0 Å². The first kappa shape index (κ1) is 61.9. The first-order valence-corrected chi connectivity index (χ1v) is 36.9. The van der Waals surface area contributed by atoms with Crippen LogP contribution in [0.3, 0.4) is 0 Å². The molecule has 6 aromatic heterocycles. The molecule has 15 aromatic carbocycles. The summed E-state index contributed by atoms with van der Waals surface area (Å²) in [6, 6.07) is 120. The van der Waals surface area contributed by atoms with Gasteiger partial charge in [0.1, 0.15) is 22.3 Å². The second-order valence-corrected chi connectivity index (χ2v) is 28.8. The number of benzene rings is 15. The molecule has 1 aliphatic rings. The SMILES string of the molecule is CC1(C)c2ccccc2-c2c(-c3cc(-c4cccc(-n5c6ccc(-c7ccc8oc9cccc(-c%10nc(-c%11ccccc%11)nc(-c%11ccccc%11)n%10)c9c8c7)cc6c6cc7c(cc65)c5ccccc5n7-c5ccccc5)c4)c4oc5cccc(-c6nc(-c7ccccc7)nc(-c7ccccc7)n6)c5c4c3)cccc21. The fourth-order valence-corrected chi connectivity index (χ4v) is 17.1. The topological polar surface area (TPSA) is 113 Å². The molecule has 10 nitrogen and oxygen atoms in total. The highest BCUT2D eigenvalue weighted by molar-refractivity contribution is 6.21. The minimum absolute atomic E-state index is 0.221. The van der Waals surface area contributed by atoms with Gasteiger partial charge in [0, 0.05) is 98.8 Å². The average Bonchev–Trinajstić information content (AvgIpc) is 1.56. The normalized spacial score (nSPS) is 12.6. The first-order valence-electron chi connectivity index (χ1n) is 36.9. The van der Waals surface area contributed by atoms with Crippen LogP contribution in [0.1, 0.15) is 25.0 Å². The van der Waals surface area contributed by atoms with E-state index >= 15 is 0 Å². The van der Waals surface area contributed by atoms with Gasteiger partial charge in [-0.1, -0.05) is 263 Å². The van der Waals surface area contributed by atoms with E-state index in [-0.39, 0.29) is 5.41 Å². The monoisotopic (exact) mass is 1390 g/mol. The third kappa shape index (κ3) is 9.88. The van der Waals surface area contributed by atoms with Crippen molar-refractivity contribution in [3.8, 4) is 124 Å². The van der Waals surface area contributed by atoms with Crippen LogP contribution in [-0.2, 0) is 5.41 Å². The van der Waals surface area contributed by atoms with E-state index in [0.717, 1.165) is 160 Å². The molecule has 510 valence electrons. The van der Waals surface area contributed by atoms with Gasteiger partial charge in [0.2, 0.25) is 0 Å². The molecule has 0 aliphatic heterocycles. The predicted molar refractivity (Wildman–Crippen MR) is 443 cm³/mol. The Labute approximate surface area is 625 Å². The van der Waals surface area contributed by atoms with Crippen LogP contribution in [0.2, 0.25) is 0 Å². The number of furan rings is 2. The molecule has 0 spiro atoms. The van der Waals surface area contributed by atoms with Gasteiger partial charge in [0.15, 0.2) is 34.9 Å². The summed E-state index contributed by atoms with van der Waals surface area (Å²) in [5.74, 6) is 3.48.